The van der Waals surface area contributed by atoms with E-state index in [1.807, 2.05) is 0 Å². The Labute approximate surface area is 233 Å². The van der Waals surface area contributed by atoms with Crippen LogP contribution in [0.25, 0.3) is 11.1 Å². The maximum absolute atomic E-state index is 15.9. The summed E-state index contributed by atoms with van der Waals surface area (Å²) >= 11 is 0. The van der Waals surface area contributed by atoms with Crippen LogP contribution in [0.3, 0.4) is 0 Å². The molecule has 2 aromatic carbocycles. The summed E-state index contributed by atoms with van der Waals surface area (Å²) in [4.78, 5) is 0. The first-order chi connectivity index (χ1) is 19.7. The molecule has 0 unspecified atom stereocenters. The highest BCUT2D eigenvalue weighted by Crippen LogP contribution is 2.73. The van der Waals surface area contributed by atoms with Gasteiger partial charge in [-0.3, -0.25) is 0 Å². The van der Waals surface area contributed by atoms with Gasteiger partial charge in [0, 0.05) is 0 Å². The third kappa shape index (κ3) is 3.97. The van der Waals surface area contributed by atoms with E-state index in [1.54, 1.807) is 0 Å². The summed E-state index contributed by atoms with van der Waals surface area (Å²) in [6, 6.07) is 0.882. The maximum Gasteiger partial charge on any atom is 0.460 e. The highest BCUT2D eigenvalue weighted by molar-refractivity contribution is 5.83. The lowest BCUT2D eigenvalue weighted by Crippen LogP contribution is -2.78. The van der Waals surface area contributed by atoms with Gasteiger partial charge in [0.15, 0.2) is 5.41 Å². The fourth-order valence-corrected chi connectivity index (χ4v) is 4.72. The summed E-state index contributed by atoms with van der Waals surface area (Å²) in [6.07, 6.45) is -15.9. The predicted octanol–water partition coefficient (Wildman–Crippen LogP) is 10.2. The van der Waals surface area contributed by atoms with E-state index in [0.717, 1.165) is 0 Å². The first-order valence-corrected chi connectivity index (χ1v) is 11.1. The molecule has 0 fully saturated rings. The second kappa shape index (κ2) is 9.47. The highest BCUT2D eigenvalue weighted by atomic mass is 19.4. The molecule has 0 spiro atoms. The number of fused-ring (bicyclic) bond motifs is 3. The molecule has 45 heavy (non-hydrogen) atoms. The lowest BCUT2D eigenvalue weighted by molar-refractivity contribution is -0.452. The van der Waals surface area contributed by atoms with Crippen molar-refractivity contribution in [2.75, 3.05) is 0 Å². The van der Waals surface area contributed by atoms with Gasteiger partial charge in [-0.05, 0) is 22.3 Å². The van der Waals surface area contributed by atoms with Crippen molar-refractivity contribution in [2.24, 2.45) is 0 Å². The van der Waals surface area contributed by atoms with Crippen molar-refractivity contribution in [2.45, 2.75) is 65.1 Å². The minimum Gasteiger partial charge on any atom is -0.198 e. The number of hydrogen-bond acceptors (Lipinski definition) is 0. The molecule has 0 aliphatic heterocycles. The number of benzene rings is 2. The van der Waals surface area contributed by atoms with Crippen LogP contribution in [0, 0.1) is 0 Å². The Morgan fingerprint density at radius 2 is 0.556 bits per heavy atom. The van der Waals surface area contributed by atoms with Crippen molar-refractivity contribution < 1.29 is 96.6 Å². The lowest BCUT2D eigenvalue weighted by atomic mass is 9.62. The van der Waals surface area contributed by atoms with Gasteiger partial charge in [-0.25, -0.2) is 0 Å². The normalized spacial score (nSPS) is 17.3. The van der Waals surface area contributed by atoms with Gasteiger partial charge in [-0.2, -0.15) is 96.6 Å². The Morgan fingerprint density at radius 3 is 0.800 bits per heavy atom. The van der Waals surface area contributed by atoms with Crippen molar-refractivity contribution >= 4 is 0 Å². The lowest BCUT2D eigenvalue weighted by Gasteiger charge is -2.51. The van der Waals surface area contributed by atoms with Crippen LogP contribution < -0.4 is 0 Å². The summed E-state index contributed by atoms with van der Waals surface area (Å²) in [5.74, 6) is -68.0. The van der Waals surface area contributed by atoms with Gasteiger partial charge in [0.25, 0.3) is 0 Å². The van der Waals surface area contributed by atoms with Crippen LogP contribution in [0.5, 0.6) is 0 Å². The molecule has 0 bridgehead atoms. The second-order valence-electron chi connectivity index (χ2n) is 9.43. The quantitative estimate of drug-likeness (QED) is 0.241. The summed E-state index contributed by atoms with van der Waals surface area (Å²) in [5.41, 5.74) is -15.2. The number of hydrogen-bond donors (Lipinski definition) is 0. The van der Waals surface area contributed by atoms with E-state index in [2.05, 4.69) is 0 Å². The SMILES string of the molecule is FC(F)(F)C(F)(F)C(F)(F)C(F)(F)C(F)(F)C1(C(F)(F)C(F)(F)C(F)(F)C(F)(F)C(F)(F)F)c2ccccc2-c2ccccc21. The first-order valence-electron chi connectivity index (χ1n) is 11.1. The van der Waals surface area contributed by atoms with Gasteiger partial charge < -0.3 is 0 Å². The molecule has 0 aromatic heterocycles. The van der Waals surface area contributed by atoms with Gasteiger partial charge >= 0.3 is 59.7 Å². The fourth-order valence-electron chi connectivity index (χ4n) is 4.72. The van der Waals surface area contributed by atoms with Crippen molar-refractivity contribution in [3.05, 3.63) is 59.7 Å². The third-order valence-corrected chi connectivity index (χ3v) is 6.97. The summed E-state index contributed by atoms with van der Waals surface area (Å²) in [5, 5.41) is 0. The number of alkyl halides is 22. The van der Waals surface area contributed by atoms with Gasteiger partial charge in [-0.1, -0.05) is 48.5 Å². The van der Waals surface area contributed by atoms with Crippen LogP contribution in [0.1, 0.15) is 11.1 Å². The average Bonchev–Trinajstić information content (AvgIpc) is 3.19. The Morgan fingerprint density at radius 1 is 0.311 bits per heavy atom. The van der Waals surface area contributed by atoms with Crippen LogP contribution in [0.15, 0.2) is 48.5 Å². The van der Waals surface area contributed by atoms with E-state index in [1.165, 1.54) is 0 Å². The zero-order chi connectivity index (χ0) is 35.5. The van der Waals surface area contributed by atoms with E-state index >= 15 is 17.6 Å². The van der Waals surface area contributed by atoms with Gasteiger partial charge in [0.1, 0.15) is 0 Å². The van der Waals surface area contributed by atoms with Crippen LogP contribution in [0.4, 0.5) is 96.6 Å². The zero-order valence-electron chi connectivity index (χ0n) is 20.4. The molecule has 3 rings (SSSR count). The molecule has 0 N–H and O–H groups in total. The monoisotopic (exact) mass is 702 g/mol. The minimum atomic E-state index is -8.69. The van der Waals surface area contributed by atoms with E-state index in [-0.39, 0.29) is 24.3 Å². The molecule has 2 aromatic rings. The third-order valence-electron chi connectivity index (χ3n) is 6.97. The molecule has 0 saturated carbocycles. The van der Waals surface area contributed by atoms with E-state index in [4.69, 9.17) is 0 Å². The Kier molecular flexibility index (Phi) is 7.66. The van der Waals surface area contributed by atoms with E-state index < -0.39 is 99.5 Å². The highest BCUT2D eigenvalue weighted by Gasteiger charge is 2.98. The molecule has 0 nitrogen and oxygen atoms in total. The molecule has 0 heterocycles. The molecule has 254 valence electrons. The maximum atomic E-state index is 15.9. The summed E-state index contributed by atoms with van der Waals surface area (Å²) in [6.45, 7) is 0. The van der Waals surface area contributed by atoms with Crippen molar-refractivity contribution in [1.29, 1.82) is 0 Å². The Bertz CT molecular complexity index is 1330. The van der Waals surface area contributed by atoms with Crippen LogP contribution >= 0.6 is 0 Å². The molecule has 1 aliphatic rings. The van der Waals surface area contributed by atoms with E-state index in [0.29, 0.717) is 12.1 Å². The molecular formula is C23H8F22. The summed E-state index contributed by atoms with van der Waals surface area (Å²) < 4.78 is 311. The van der Waals surface area contributed by atoms with Crippen LogP contribution in [0.2, 0.25) is 0 Å². The Balaban J connectivity index is 2.64. The van der Waals surface area contributed by atoms with Gasteiger partial charge in [-0.15, -0.1) is 0 Å². The van der Waals surface area contributed by atoms with E-state index in [9.17, 15) is 79.0 Å². The minimum absolute atomic E-state index is 0.118. The van der Waals surface area contributed by atoms with Gasteiger partial charge in [0.05, 0.1) is 0 Å². The molecule has 22 heteroatoms. The van der Waals surface area contributed by atoms with Crippen molar-refractivity contribution in [3.8, 4) is 11.1 Å². The largest absolute Gasteiger partial charge is 0.460 e. The Hall–Kier alpha value is -3.10. The topological polar surface area (TPSA) is 0 Å². The smallest absolute Gasteiger partial charge is 0.198 e. The fraction of sp³-hybridized carbons (Fsp3) is 0.478. The molecule has 0 atom stereocenters. The standard InChI is InChI=1S/C23H8F22/c24-14(25,16(28,29)18(32,33)20(36,37)22(40,41)42)13(11-7-3-1-5-9(11)10-6-2-4-8-12(10)13)15(26,27)17(30,31)19(34,35)21(38,39)23(43,44)45/h1-8H. The van der Waals surface area contributed by atoms with Crippen LogP contribution in [-0.4, -0.2) is 59.7 Å². The molecular weight excluding hydrogens is 694 g/mol. The first kappa shape index (κ1) is 36.4. The average molecular weight is 702 g/mol. The number of halogens is 22. The zero-order valence-corrected chi connectivity index (χ0v) is 20.4. The molecule has 0 radical (unpaired) electrons. The molecule has 0 amide bonds. The summed E-state index contributed by atoms with van der Waals surface area (Å²) in [7, 11) is 0. The molecule has 1 aliphatic carbocycles. The predicted molar refractivity (Wildman–Crippen MR) is 104 cm³/mol. The van der Waals surface area contributed by atoms with Crippen molar-refractivity contribution in [3.63, 3.8) is 0 Å². The number of rotatable bonds is 8. The van der Waals surface area contributed by atoms with Crippen molar-refractivity contribution in [1.82, 2.24) is 0 Å². The second-order valence-corrected chi connectivity index (χ2v) is 9.43. The van der Waals surface area contributed by atoms with Gasteiger partial charge in [0.2, 0.25) is 0 Å². The van der Waals surface area contributed by atoms with Crippen LogP contribution in [-0.2, 0) is 5.41 Å². The molecule has 0 saturated heterocycles.